The summed E-state index contributed by atoms with van der Waals surface area (Å²) < 4.78 is 2.21. The summed E-state index contributed by atoms with van der Waals surface area (Å²) in [6.45, 7) is 0. The van der Waals surface area contributed by atoms with Crippen LogP contribution in [0.2, 0.25) is 0 Å². The molecule has 2 rings (SSSR count). The summed E-state index contributed by atoms with van der Waals surface area (Å²) >= 11 is 3.21. The molecule has 2 aromatic rings. The summed E-state index contributed by atoms with van der Waals surface area (Å²) in [5.41, 5.74) is 6.29. The number of halogens is 1. The van der Waals surface area contributed by atoms with E-state index in [1.807, 2.05) is 0 Å². The van der Waals surface area contributed by atoms with Crippen molar-refractivity contribution in [3.63, 3.8) is 0 Å². The monoisotopic (exact) mass is 270 g/mol. The van der Waals surface area contributed by atoms with Gasteiger partial charge in [0.1, 0.15) is 10.6 Å². The summed E-state index contributed by atoms with van der Waals surface area (Å²) in [6, 6.07) is -1.11. The average molecular weight is 271 g/mol. The highest BCUT2D eigenvalue weighted by Crippen LogP contribution is 2.17. The maximum Gasteiger partial charge on any atom is 0.326 e. The number of carboxylic acid groups (broad SMARTS) is 1. The van der Waals surface area contributed by atoms with Gasteiger partial charge in [0.2, 0.25) is 0 Å². The maximum atomic E-state index is 10.7. The number of aromatic nitrogens is 3. The zero-order valence-corrected chi connectivity index (χ0v) is 9.05. The van der Waals surface area contributed by atoms with E-state index in [0.29, 0.717) is 15.9 Å². The number of carbonyl (C=O) groups is 1. The van der Waals surface area contributed by atoms with Gasteiger partial charge in [-0.15, -0.1) is 0 Å². The van der Waals surface area contributed by atoms with Crippen LogP contribution in [0.25, 0.3) is 5.65 Å². The number of rotatable bonds is 2. The maximum absolute atomic E-state index is 10.7. The summed E-state index contributed by atoms with van der Waals surface area (Å²) in [6.07, 6.45) is 4.82. The minimum atomic E-state index is -1.11. The average Bonchev–Trinajstić information content (AvgIpc) is 2.61. The first-order chi connectivity index (χ1) is 7.09. The fourth-order valence-electron chi connectivity index (χ4n) is 1.18. The van der Waals surface area contributed by atoms with Crippen LogP contribution in [0.15, 0.2) is 23.2 Å². The largest absolute Gasteiger partial charge is 0.480 e. The summed E-state index contributed by atoms with van der Waals surface area (Å²) in [5.74, 6) is -1.11. The van der Waals surface area contributed by atoms with Crippen LogP contribution < -0.4 is 5.73 Å². The van der Waals surface area contributed by atoms with Crippen molar-refractivity contribution in [2.75, 3.05) is 0 Å². The van der Waals surface area contributed by atoms with Gasteiger partial charge in [-0.05, 0) is 15.9 Å². The highest BCUT2D eigenvalue weighted by Gasteiger charge is 2.18. The SMILES string of the molecule is NC(C(=O)O)c1cn2ccnc(Br)c2n1. The highest BCUT2D eigenvalue weighted by molar-refractivity contribution is 9.10. The molecular weight excluding hydrogens is 264 g/mol. The molecule has 0 aromatic carbocycles. The Morgan fingerprint density at radius 3 is 3.00 bits per heavy atom. The molecule has 0 bridgehead atoms. The van der Waals surface area contributed by atoms with Crippen LogP contribution >= 0.6 is 15.9 Å². The van der Waals surface area contributed by atoms with E-state index in [9.17, 15) is 4.79 Å². The zero-order chi connectivity index (χ0) is 11.0. The standard InChI is InChI=1S/C8H7BrN4O2/c9-6-7-12-4(5(10)8(14)15)3-13(7)2-1-11-6/h1-3,5H,10H2,(H,14,15). The van der Waals surface area contributed by atoms with Crippen molar-refractivity contribution in [1.82, 2.24) is 14.4 Å². The van der Waals surface area contributed by atoms with Gasteiger partial charge in [-0.25, -0.2) is 9.97 Å². The lowest BCUT2D eigenvalue weighted by atomic mass is 10.2. The molecule has 0 amide bonds. The zero-order valence-electron chi connectivity index (χ0n) is 7.46. The molecule has 1 unspecified atom stereocenters. The molecule has 0 aliphatic carbocycles. The van der Waals surface area contributed by atoms with Crippen LogP contribution in [-0.2, 0) is 4.79 Å². The molecule has 2 heterocycles. The first-order valence-electron chi connectivity index (χ1n) is 4.07. The first kappa shape index (κ1) is 10.1. The van der Waals surface area contributed by atoms with Gasteiger partial charge < -0.3 is 15.2 Å². The Morgan fingerprint density at radius 2 is 2.40 bits per heavy atom. The lowest BCUT2D eigenvalue weighted by Gasteiger charge is -1.99. The number of nitrogens with two attached hydrogens (primary N) is 1. The summed E-state index contributed by atoms with van der Waals surface area (Å²) in [4.78, 5) is 18.7. The highest BCUT2D eigenvalue weighted by atomic mass is 79.9. The Balaban J connectivity index is 2.56. The molecule has 0 saturated carbocycles. The molecule has 3 N–H and O–H groups in total. The van der Waals surface area contributed by atoms with Gasteiger partial charge in [0.15, 0.2) is 5.65 Å². The molecule has 7 heteroatoms. The van der Waals surface area contributed by atoms with Crippen molar-refractivity contribution in [1.29, 1.82) is 0 Å². The molecule has 0 radical (unpaired) electrons. The molecule has 78 valence electrons. The van der Waals surface area contributed by atoms with Crippen molar-refractivity contribution in [2.45, 2.75) is 6.04 Å². The second kappa shape index (κ2) is 3.59. The van der Waals surface area contributed by atoms with Crippen LogP contribution in [0.1, 0.15) is 11.7 Å². The third-order valence-electron chi connectivity index (χ3n) is 1.94. The molecule has 2 aromatic heterocycles. The Morgan fingerprint density at radius 1 is 1.67 bits per heavy atom. The van der Waals surface area contributed by atoms with E-state index in [1.54, 1.807) is 23.0 Å². The van der Waals surface area contributed by atoms with Gasteiger partial charge in [-0.2, -0.15) is 0 Å². The van der Waals surface area contributed by atoms with E-state index < -0.39 is 12.0 Å². The van der Waals surface area contributed by atoms with Gasteiger partial charge in [-0.1, -0.05) is 0 Å². The molecule has 15 heavy (non-hydrogen) atoms. The predicted molar refractivity (Wildman–Crippen MR) is 55.3 cm³/mol. The van der Waals surface area contributed by atoms with Gasteiger partial charge in [0.25, 0.3) is 0 Å². The van der Waals surface area contributed by atoms with Crippen LogP contribution in [-0.4, -0.2) is 25.4 Å². The normalized spacial score (nSPS) is 12.9. The quantitative estimate of drug-likeness (QED) is 0.833. The van der Waals surface area contributed by atoms with Crippen LogP contribution in [0.4, 0.5) is 0 Å². The smallest absolute Gasteiger partial charge is 0.326 e. The Kier molecular flexibility index (Phi) is 2.41. The Labute approximate surface area is 92.9 Å². The van der Waals surface area contributed by atoms with Crippen molar-refractivity contribution < 1.29 is 9.90 Å². The van der Waals surface area contributed by atoms with E-state index in [2.05, 4.69) is 25.9 Å². The van der Waals surface area contributed by atoms with Crippen LogP contribution in [0.3, 0.4) is 0 Å². The molecule has 0 fully saturated rings. The minimum Gasteiger partial charge on any atom is -0.480 e. The molecule has 0 spiro atoms. The summed E-state index contributed by atoms with van der Waals surface area (Å²) in [7, 11) is 0. The van der Waals surface area contributed by atoms with Crippen molar-refractivity contribution in [2.24, 2.45) is 5.73 Å². The first-order valence-corrected chi connectivity index (χ1v) is 4.86. The number of carboxylic acids is 1. The Bertz CT molecular complexity index is 524. The molecule has 0 saturated heterocycles. The van der Waals surface area contributed by atoms with Gasteiger partial charge in [0.05, 0.1) is 5.69 Å². The van der Waals surface area contributed by atoms with Crippen molar-refractivity contribution >= 4 is 27.5 Å². The Hall–Kier alpha value is -1.47. The molecule has 1 atom stereocenters. The van der Waals surface area contributed by atoms with E-state index in [-0.39, 0.29) is 0 Å². The molecule has 6 nitrogen and oxygen atoms in total. The molecular formula is C8H7BrN4O2. The number of imidazole rings is 1. The van der Waals surface area contributed by atoms with Crippen molar-refractivity contribution in [3.8, 4) is 0 Å². The van der Waals surface area contributed by atoms with Gasteiger partial charge >= 0.3 is 5.97 Å². The summed E-state index contributed by atoms with van der Waals surface area (Å²) in [5, 5.41) is 8.73. The number of aliphatic carboxylic acids is 1. The lowest BCUT2D eigenvalue weighted by Crippen LogP contribution is -2.20. The second-order valence-electron chi connectivity index (χ2n) is 2.93. The van der Waals surface area contributed by atoms with Crippen LogP contribution in [0, 0.1) is 0 Å². The number of hydrogen-bond donors (Lipinski definition) is 2. The van der Waals surface area contributed by atoms with E-state index >= 15 is 0 Å². The van der Waals surface area contributed by atoms with Crippen molar-refractivity contribution in [3.05, 3.63) is 28.9 Å². The number of fused-ring (bicyclic) bond motifs is 1. The van der Waals surface area contributed by atoms with E-state index in [4.69, 9.17) is 10.8 Å². The topological polar surface area (TPSA) is 93.5 Å². The second-order valence-corrected chi connectivity index (χ2v) is 3.68. The lowest BCUT2D eigenvalue weighted by molar-refractivity contribution is -0.138. The fourth-order valence-corrected chi connectivity index (χ4v) is 1.60. The fraction of sp³-hybridized carbons (Fsp3) is 0.125. The van der Waals surface area contributed by atoms with Gasteiger partial charge in [-0.3, -0.25) is 4.79 Å². The van der Waals surface area contributed by atoms with Crippen LogP contribution in [0.5, 0.6) is 0 Å². The third-order valence-corrected chi connectivity index (χ3v) is 2.49. The molecule has 0 aliphatic rings. The van der Waals surface area contributed by atoms with E-state index in [0.717, 1.165) is 0 Å². The predicted octanol–water partition coefficient (Wildman–Crippen LogP) is 0.576. The third kappa shape index (κ3) is 1.71. The number of hydrogen-bond acceptors (Lipinski definition) is 4. The van der Waals surface area contributed by atoms with E-state index in [1.165, 1.54) is 0 Å². The number of nitrogens with zero attached hydrogens (tertiary/aromatic N) is 3. The minimum absolute atomic E-state index is 0.302. The van der Waals surface area contributed by atoms with Gasteiger partial charge in [0, 0.05) is 18.6 Å². The molecule has 0 aliphatic heterocycles.